The summed E-state index contributed by atoms with van der Waals surface area (Å²) in [5.74, 6) is 0.697. The number of anilines is 2. The number of carbonyl (C=O) groups is 1. The van der Waals surface area contributed by atoms with E-state index in [4.69, 9.17) is 14.9 Å². The van der Waals surface area contributed by atoms with Crippen LogP contribution in [0.25, 0.3) is 0 Å². The first-order chi connectivity index (χ1) is 15.8. The third-order valence-corrected chi connectivity index (χ3v) is 5.83. The van der Waals surface area contributed by atoms with Gasteiger partial charge in [0.2, 0.25) is 0 Å². The third kappa shape index (κ3) is 5.96. The average molecular weight is 473 g/mol. The molecule has 0 saturated heterocycles. The van der Waals surface area contributed by atoms with Crippen LogP contribution in [-0.2, 0) is 17.0 Å². The number of nitrogens with one attached hydrogen (secondary N) is 1. The Kier molecular flexibility index (Phi) is 8.18. The first kappa shape index (κ1) is 24.4. The number of methoxy groups -OCH3 is 1. The minimum absolute atomic E-state index is 0.0529. The van der Waals surface area contributed by atoms with Gasteiger partial charge < -0.3 is 14.9 Å². The number of nitrogens with zero attached hydrogens (tertiary/aromatic N) is 2. The van der Waals surface area contributed by atoms with E-state index in [9.17, 15) is 14.4 Å². The van der Waals surface area contributed by atoms with Gasteiger partial charge in [-0.3, -0.25) is 24.0 Å². The summed E-state index contributed by atoms with van der Waals surface area (Å²) in [5.41, 5.74) is 4.75. The normalized spacial score (nSPS) is 11.2. The van der Waals surface area contributed by atoms with Crippen molar-refractivity contribution in [2.75, 3.05) is 30.9 Å². The van der Waals surface area contributed by atoms with Crippen LogP contribution < -0.4 is 21.9 Å². The predicted octanol–water partition coefficient (Wildman–Crippen LogP) is 2.95. The average Bonchev–Trinajstić information content (AvgIpc) is 3.26. The number of rotatable bonds is 10. The van der Waals surface area contributed by atoms with Gasteiger partial charge >= 0.3 is 5.69 Å². The lowest BCUT2D eigenvalue weighted by molar-refractivity contribution is 0.0947. The van der Waals surface area contributed by atoms with Crippen LogP contribution in [-0.4, -0.2) is 35.7 Å². The lowest BCUT2D eigenvalue weighted by Gasteiger charge is -2.24. The molecule has 0 aliphatic heterocycles. The van der Waals surface area contributed by atoms with Crippen LogP contribution >= 0.6 is 11.8 Å². The molecule has 0 bridgehead atoms. The zero-order valence-electron chi connectivity index (χ0n) is 18.9. The number of nitrogen functional groups attached to an aromatic ring is 1. The zero-order chi connectivity index (χ0) is 24.0. The fourth-order valence-electron chi connectivity index (χ4n) is 3.26. The summed E-state index contributed by atoms with van der Waals surface area (Å²) in [6.45, 7) is 4.34. The number of thioether (sulfide) groups is 1. The van der Waals surface area contributed by atoms with Crippen LogP contribution in [0, 0.1) is 5.92 Å². The van der Waals surface area contributed by atoms with Gasteiger partial charge in [-0.25, -0.2) is 4.79 Å². The van der Waals surface area contributed by atoms with Crippen molar-refractivity contribution in [2.45, 2.75) is 31.0 Å². The number of benzene rings is 1. The second-order valence-corrected chi connectivity index (χ2v) is 8.86. The van der Waals surface area contributed by atoms with E-state index in [0.29, 0.717) is 18.1 Å². The monoisotopic (exact) mass is 472 g/mol. The van der Waals surface area contributed by atoms with Crippen molar-refractivity contribution in [1.82, 2.24) is 9.55 Å². The van der Waals surface area contributed by atoms with Crippen molar-refractivity contribution in [3.63, 3.8) is 0 Å². The lowest BCUT2D eigenvalue weighted by Crippen LogP contribution is -2.42. The maximum atomic E-state index is 13.3. The number of carbonyl (C=O) groups excluding carboxylic acids is 1. The van der Waals surface area contributed by atoms with Gasteiger partial charge in [-0.1, -0.05) is 32.0 Å². The Balaban J connectivity index is 1.91. The van der Waals surface area contributed by atoms with Gasteiger partial charge in [0.25, 0.3) is 11.5 Å². The number of nitrogens with two attached hydrogens (primary N) is 1. The molecule has 0 aliphatic rings. The number of hydrogen-bond donors (Lipinski definition) is 2. The van der Waals surface area contributed by atoms with E-state index in [1.165, 1.54) is 16.6 Å². The van der Waals surface area contributed by atoms with E-state index in [1.54, 1.807) is 23.9 Å². The Bertz CT molecular complexity index is 1200. The number of aromatic nitrogens is 2. The highest BCUT2D eigenvalue weighted by atomic mass is 32.2. The molecule has 1 aromatic carbocycles. The largest absolute Gasteiger partial charge is 0.455 e. The number of aromatic amines is 1. The number of H-pyrrole nitrogens is 1. The molecule has 10 heteroatoms. The quantitative estimate of drug-likeness (QED) is 0.435. The van der Waals surface area contributed by atoms with Crippen LogP contribution in [0.3, 0.4) is 0 Å². The maximum absolute atomic E-state index is 13.3. The van der Waals surface area contributed by atoms with E-state index in [-0.39, 0.29) is 36.3 Å². The van der Waals surface area contributed by atoms with Gasteiger partial charge in [0, 0.05) is 18.6 Å². The molecule has 0 spiro atoms. The zero-order valence-corrected chi connectivity index (χ0v) is 19.7. The smallest absolute Gasteiger partial charge is 0.330 e. The Labute approximate surface area is 195 Å². The van der Waals surface area contributed by atoms with Crippen molar-refractivity contribution in [1.29, 1.82) is 0 Å². The van der Waals surface area contributed by atoms with Crippen LogP contribution in [0.5, 0.6) is 0 Å². The summed E-state index contributed by atoms with van der Waals surface area (Å²) in [6.07, 6.45) is 0. The van der Waals surface area contributed by atoms with Gasteiger partial charge in [0.05, 0.1) is 18.9 Å². The van der Waals surface area contributed by atoms with Crippen molar-refractivity contribution in [3.8, 4) is 0 Å². The molecule has 176 valence electrons. The van der Waals surface area contributed by atoms with Gasteiger partial charge in [0.1, 0.15) is 11.6 Å². The maximum Gasteiger partial charge on any atom is 0.330 e. The predicted molar refractivity (Wildman–Crippen MR) is 129 cm³/mol. The summed E-state index contributed by atoms with van der Waals surface area (Å²) >= 11 is 1.58. The Morgan fingerprint density at radius 1 is 1.21 bits per heavy atom. The lowest BCUT2D eigenvalue weighted by atomic mass is 10.2. The summed E-state index contributed by atoms with van der Waals surface area (Å²) in [7, 11) is 1.49. The first-order valence-corrected chi connectivity index (χ1v) is 11.5. The highest BCUT2D eigenvalue weighted by Crippen LogP contribution is 2.25. The second kappa shape index (κ2) is 11.1. The van der Waals surface area contributed by atoms with Gasteiger partial charge in [0.15, 0.2) is 11.4 Å². The van der Waals surface area contributed by atoms with E-state index >= 15 is 0 Å². The summed E-state index contributed by atoms with van der Waals surface area (Å²) in [6, 6.07) is 13.1. The molecule has 1 amide bonds. The van der Waals surface area contributed by atoms with Crippen molar-refractivity contribution < 1.29 is 13.9 Å². The number of ether oxygens (including phenoxy) is 1. The second-order valence-electron chi connectivity index (χ2n) is 7.81. The molecule has 0 saturated carbocycles. The van der Waals surface area contributed by atoms with Gasteiger partial charge in [-0.15, -0.1) is 11.8 Å². The molecule has 0 unspecified atom stereocenters. The van der Waals surface area contributed by atoms with Crippen molar-refractivity contribution >= 4 is 29.2 Å². The van der Waals surface area contributed by atoms with Crippen LogP contribution in [0.2, 0.25) is 0 Å². The highest BCUT2D eigenvalue weighted by Gasteiger charge is 2.27. The molecular formula is C23H28N4O5S. The van der Waals surface area contributed by atoms with Gasteiger partial charge in [-0.2, -0.15) is 0 Å². The molecule has 0 aliphatic carbocycles. The first-order valence-electron chi connectivity index (χ1n) is 10.5. The van der Waals surface area contributed by atoms with E-state index in [2.05, 4.69) is 4.98 Å². The molecule has 3 N–H and O–H groups in total. The van der Waals surface area contributed by atoms with Crippen molar-refractivity contribution in [3.05, 3.63) is 74.8 Å². The van der Waals surface area contributed by atoms with Crippen molar-refractivity contribution in [2.24, 2.45) is 5.92 Å². The molecule has 2 heterocycles. The highest BCUT2D eigenvalue weighted by molar-refractivity contribution is 7.98. The number of hydrogen-bond acceptors (Lipinski definition) is 7. The molecule has 2 aromatic heterocycles. The standard InChI is InChI=1S/C23H28N4O5S/c1-15(2)13-27-20(24)19(21(28)25-23(27)30)26(11-12-31-3)22(29)18-10-9-16(32-18)14-33-17-7-5-4-6-8-17/h4-10,15H,11-14,24H2,1-3H3,(H,25,28,30). The summed E-state index contributed by atoms with van der Waals surface area (Å²) < 4.78 is 12.2. The molecule has 0 radical (unpaired) electrons. The third-order valence-electron chi connectivity index (χ3n) is 4.79. The van der Waals surface area contributed by atoms with Crippen LogP contribution in [0.1, 0.15) is 30.2 Å². The van der Waals surface area contributed by atoms with Crippen LogP contribution in [0.4, 0.5) is 11.5 Å². The Hall–Kier alpha value is -3.24. The molecular weight excluding hydrogens is 444 g/mol. The minimum Gasteiger partial charge on any atom is -0.455 e. The van der Waals surface area contributed by atoms with Gasteiger partial charge in [-0.05, 0) is 30.2 Å². The topological polar surface area (TPSA) is 124 Å². The summed E-state index contributed by atoms with van der Waals surface area (Å²) in [5, 5.41) is 0. The van der Waals surface area contributed by atoms with Crippen LogP contribution in [0.15, 0.2) is 61.4 Å². The summed E-state index contributed by atoms with van der Waals surface area (Å²) in [4.78, 5) is 42.9. The SMILES string of the molecule is COCCN(C(=O)c1ccc(CSc2ccccc2)o1)c1c(N)n(CC(C)C)c(=O)[nH]c1=O. The fourth-order valence-corrected chi connectivity index (χ4v) is 4.07. The Morgan fingerprint density at radius 2 is 1.94 bits per heavy atom. The minimum atomic E-state index is -0.742. The van der Waals surface area contributed by atoms with E-state index in [0.717, 1.165) is 4.90 Å². The number of amides is 1. The molecule has 33 heavy (non-hydrogen) atoms. The molecule has 0 atom stereocenters. The molecule has 3 aromatic rings. The van der Waals surface area contributed by atoms with E-state index < -0.39 is 17.2 Å². The molecule has 3 rings (SSSR count). The molecule has 9 nitrogen and oxygen atoms in total. The fraction of sp³-hybridized carbons (Fsp3) is 0.348. The van der Waals surface area contributed by atoms with E-state index in [1.807, 2.05) is 44.2 Å². The Morgan fingerprint density at radius 3 is 2.61 bits per heavy atom. The molecule has 0 fully saturated rings. The number of furan rings is 1.